The lowest BCUT2D eigenvalue weighted by atomic mass is 10.2. The van der Waals surface area contributed by atoms with Gasteiger partial charge in [-0.25, -0.2) is 4.98 Å². The predicted molar refractivity (Wildman–Crippen MR) is 79.2 cm³/mol. The summed E-state index contributed by atoms with van der Waals surface area (Å²) in [5.74, 6) is 0.932. The molecule has 21 heavy (non-hydrogen) atoms. The van der Waals surface area contributed by atoms with E-state index in [2.05, 4.69) is 12.0 Å². The van der Waals surface area contributed by atoms with Crippen LogP contribution in [-0.4, -0.2) is 16.4 Å². The van der Waals surface area contributed by atoms with Gasteiger partial charge in [0.15, 0.2) is 5.76 Å². The van der Waals surface area contributed by atoms with E-state index in [0.717, 1.165) is 29.2 Å². The van der Waals surface area contributed by atoms with E-state index in [0.29, 0.717) is 6.54 Å². The fourth-order valence-electron chi connectivity index (χ4n) is 2.48. The maximum absolute atomic E-state index is 12.1. The molecule has 5 heteroatoms. The minimum Gasteiger partial charge on any atom is -0.463 e. The smallest absolute Gasteiger partial charge is 0.258 e. The van der Waals surface area contributed by atoms with Gasteiger partial charge >= 0.3 is 0 Å². The van der Waals surface area contributed by atoms with Crippen LogP contribution in [0, 0.1) is 6.92 Å². The Morgan fingerprint density at radius 2 is 2.14 bits per heavy atom. The van der Waals surface area contributed by atoms with Crippen LogP contribution in [0.25, 0.3) is 5.65 Å². The monoisotopic (exact) mass is 284 g/mol. The molecule has 0 aliphatic carbocycles. The second-order valence-electron chi connectivity index (χ2n) is 5.36. The zero-order valence-corrected chi connectivity index (χ0v) is 12.2. The third-order valence-electron chi connectivity index (χ3n) is 3.48. The lowest BCUT2D eigenvalue weighted by Crippen LogP contribution is -3.06. The summed E-state index contributed by atoms with van der Waals surface area (Å²) in [6.07, 6.45) is 3.42. The first-order valence-corrected chi connectivity index (χ1v) is 6.95. The molecule has 1 unspecified atom stereocenters. The van der Waals surface area contributed by atoms with Crippen LogP contribution in [0.5, 0.6) is 0 Å². The van der Waals surface area contributed by atoms with Gasteiger partial charge in [0.25, 0.3) is 5.56 Å². The molecule has 3 rings (SSSR count). The zero-order chi connectivity index (χ0) is 14.8. The van der Waals surface area contributed by atoms with Crippen molar-refractivity contribution in [3.8, 4) is 0 Å². The van der Waals surface area contributed by atoms with Gasteiger partial charge in [0.2, 0.25) is 0 Å². The second kappa shape index (κ2) is 5.54. The number of fused-ring (bicyclic) bond motifs is 1. The molecule has 0 bridgehead atoms. The quantitative estimate of drug-likeness (QED) is 0.771. The van der Waals surface area contributed by atoms with E-state index in [1.807, 2.05) is 31.2 Å². The highest BCUT2D eigenvalue weighted by molar-refractivity contribution is 5.46. The summed E-state index contributed by atoms with van der Waals surface area (Å²) < 4.78 is 6.93. The lowest BCUT2D eigenvalue weighted by molar-refractivity contribution is -0.909. The molecule has 108 valence electrons. The molecule has 3 aromatic heterocycles. The number of furan rings is 1. The van der Waals surface area contributed by atoms with E-state index in [1.165, 1.54) is 4.90 Å². The fourth-order valence-corrected chi connectivity index (χ4v) is 2.48. The Hall–Kier alpha value is -2.40. The molecule has 3 heterocycles. The lowest BCUT2D eigenvalue weighted by Gasteiger charge is -2.12. The summed E-state index contributed by atoms with van der Waals surface area (Å²) >= 11 is 0. The summed E-state index contributed by atoms with van der Waals surface area (Å²) in [5, 5.41) is 0. The number of quaternary nitrogens is 1. The van der Waals surface area contributed by atoms with Gasteiger partial charge in [-0.15, -0.1) is 0 Å². The largest absolute Gasteiger partial charge is 0.463 e. The van der Waals surface area contributed by atoms with Gasteiger partial charge in [0, 0.05) is 12.3 Å². The van der Waals surface area contributed by atoms with Gasteiger partial charge in [0.05, 0.1) is 13.3 Å². The van der Waals surface area contributed by atoms with E-state index < -0.39 is 0 Å². The molecular formula is C16H18N3O2+. The second-order valence-corrected chi connectivity index (χ2v) is 5.36. The molecule has 0 aromatic carbocycles. The normalized spacial score (nSPS) is 12.7. The molecule has 0 spiro atoms. The molecule has 0 radical (unpaired) electrons. The summed E-state index contributed by atoms with van der Waals surface area (Å²) in [5.41, 5.74) is 2.49. The fraction of sp³-hybridized carbons (Fsp3) is 0.250. The van der Waals surface area contributed by atoms with Crippen molar-refractivity contribution in [2.45, 2.75) is 20.0 Å². The van der Waals surface area contributed by atoms with Crippen LogP contribution in [0.3, 0.4) is 0 Å². The van der Waals surface area contributed by atoms with Gasteiger partial charge in [-0.2, -0.15) is 0 Å². The van der Waals surface area contributed by atoms with Crippen molar-refractivity contribution in [1.29, 1.82) is 0 Å². The highest BCUT2D eigenvalue weighted by Crippen LogP contribution is 2.05. The van der Waals surface area contributed by atoms with Crippen molar-refractivity contribution < 1.29 is 9.32 Å². The third-order valence-corrected chi connectivity index (χ3v) is 3.48. The number of hydrogen-bond acceptors (Lipinski definition) is 3. The van der Waals surface area contributed by atoms with Crippen LogP contribution in [0.4, 0.5) is 0 Å². The van der Waals surface area contributed by atoms with Crippen LogP contribution >= 0.6 is 0 Å². The van der Waals surface area contributed by atoms with Crippen molar-refractivity contribution in [3.63, 3.8) is 0 Å². The van der Waals surface area contributed by atoms with Crippen LogP contribution in [0.2, 0.25) is 0 Å². The molecule has 1 N–H and O–H groups in total. The summed E-state index contributed by atoms with van der Waals surface area (Å²) in [6, 6.07) is 9.27. The minimum absolute atomic E-state index is 0.0375. The highest BCUT2D eigenvalue weighted by atomic mass is 16.3. The van der Waals surface area contributed by atoms with Gasteiger partial charge in [-0.1, -0.05) is 6.07 Å². The van der Waals surface area contributed by atoms with Gasteiger partial charge in [-0.3, -0.25) is 9.20 Å². The van der Waals surface area contributed by atoms with E-state index in [-0.39, 0.29) is 5.56 Å². The Morgan fingerprint density at radius 3 is 2.90 bits per heavy atom. The molecule has 0 saturated heterocycles. The number of nitrogens with one attached hydrogen (secondary N) is 1. The van der Waals surface area contributed by atoms with Gasteiger partial charge < -0.3 is 9.32 Å². The average molecular weight is 284 g/mol. The van der Waals surface area contributed by atoms with Gasteiger partial charge in [-0.05, 0) is 30.7 Å². The van der Waals surface area contributed by atoms with Gasteiger partial charge in [0.1, 0.15) is 24.4 Å². The molecule has 0 fully saturated rings. The maximum atomic E-state index is 12.1. The van der Waals surface area contributed by atoms with E-state index in [1.54, 1.807) is 22.9 Å². The maximum Gasteiger partial charge on any atom is 0.258 e. The number of pyridine rings is 1. The standard InChI is InChI=1S/C16H17N3O2/c1-12-5-3-7-19-15(20)9-13(17-16(12)19)10-18(2)11-14-6-4-8-21-14/h3-9H,10-11H2,1-2H3/p+1. The summed E-state index contributed by atoms with van der Waals surface area (Å²) in [6.45, 7) is 3.41. The SMILES string of the molecule is Cc1cccn2c(=O)cc(C[NH+](C)Cc3ccco3)nc12. The van der Waals surface area contributed by atoms with Crippen molar-refractivity contribution in [2.24, 2.45) is 0 Å². The Bertz CT molecular complexity index is 806. The van der Waals surface area contributed by atoms with Crippen LogP contribution < -0.4 is 10.5 Å². The Labute approximate surface area is 122 Å². The van der Waals surface area contributed by atoms with Crippen LogP contribution in [0.1, 0.15) is 17.0 Å². The Morgan fingerprint density at radius 1 is 1.29 bits per heavy atom. The third kappa shape index (κ3) is 2.87. The molecule has 0 aliphatic rings. The molecular weight excluding hydrogens is 266 g/mol. The number of hydrogen-bond donors (Lipinski definition) is 1. The number of rotatable bonds is 4. The first-order valence-electron chi connectivity index (χ1n) is 6.95. The van der Waals surface area contributed by atoms with E-state index in [9.17, 15) is 4.79 Å². The Balaban J connectivity index is 1.87. The Kier molecular flexibility index (Phi) is 3.58. The molecule has 5 nitrogen and oxygen atoms in total. The summed E-state index contributed by atoms with van der Waals surface area (Å²) in [4.78, 5) is 18.0. The van der Waals surface area contributed by atoms with Crippen molar-refractivity contribution >= 4 is 5.65 Å². The highest BCUT2D eigenvalue weighted by Gasteiger charge is 2.11. The van der Waals surface area contributed by atoms with E-state index in [4.69, 9.17) is 4.42 Å². The topological polar surface area (TPSA) is 52.0 Å². The predicted octanol–water partition coefficient (Wildman–Crippen LogP) is 0.811. The van der Waals surface area contributed by atoms with Crippen LogP contribution in [0.15, 0.2) is 52.0 Å². The van der Waals surface area contributed by atoms with E-state index >= 15 is 0 Å². The first-order chi connectivity index (χ1) is 10.1. The average Bonchev–Trinajstić information content (AvgIpc) is 2.93. The minimum atomic E-state index is -0.0375. The van der Waals surface area contributed by atoms with Crippen molar-refractivity contribution in [3.05, 3.63) is 70.2 Å². The van der Waals surface area contributed by atoms with Crippen molar-refractivity contribution in [2.75, 3.05) is 7.05 Å². The molecule has 0 saturated carbocycles. The first kappa shape index (κ1) is 13.6. The molecule has 1 atom stereocenters. The zero-order valence-electron chi connectivity index (χ0n) is 12.2. The van der Waals surface area contributed by atoms with Crippen LogP contribution in [-0.2, 0) is 13.1 Å². The van der Waals surface area contributed by atoms with Crippen molar-refractivity contribution in [1.82, 2.24) is 9.38 Å². The number of aryl methyl sites for hydroxylation is 1. The summed E-state index contributed by atoms with van der Waals surface area (Å²) in [7, 11) is 2.06. The number of nitrogens with zero attached hydrogens (tertiary/aromatic N) is 2. The number of aromatic nitrogens is 2. The molecule has 0 aliphatic heterocycles. The molecule has 3 aromatic rings. The molecule has 0 amide bonds.